The summed E-state index contributed by atoms with van der Waals surface area (Å²) in [7, 11) is 0. The number of aromatic nitrogens is 2. The van der Waals surface area contributed by atoms with Gasteiger partial charge in [0, 0.05) is 12.3 Å². The van der Waals surface area contributed by atoms with Gasteiger partial charge in [-0.2, -0.15) is 0 Å². The van der Waals surface area contributed by atoms with Crippen LogP contribution in [0, 0.1) is 5.82 Å². The monoisotopic (exact) mass is 279 g/mol. The van der Waals surface area contributed by atoms with E-state index in [2.05, 4.69) is 14.7 Å². The van der Waals surface area contributed by atoms with Crippen LogP contribution < -0.4 is 10.3 Å². The van der Waals surface area contributed by atoms with Crippen molar-refractivity contribution in [2.45, 2.75) is 0 Å². The maximum atomic E-state index is 13.3. The van der Waals surface area contributed by atoms with Crippen molar-refractivity contribution in [3.05, 3.63) is 58.3 Å². The third-order valence-electron chi connectivity index (χ3n) is 2.22. The number of aromatic amines is 1. The first-order valence-corrected chi connectivity index (χ1v) is 6.36. The number of hydrogen-bond donors (Lipinski definition) is 2. The summed E-state index contributed by atoms with van der Waals surface area (Å²) < 4.78 is 16.0. The molecule has 19 heavy (non-hydrogen) atoms. The number of anilines is 1. The molecule has 0 bridgehead atoms. The first kappa shape index (κ1) is 13.3. The van der Waals surface area contributed by atoms with Gasteiger partial charge in [0.25, 0.3) is 5.56 Å². The van der Waals surface area contributed by atoms with Crippen LogP contribution in [0.2, 0.25) is 0 Å². The zero-order valence-corrected chi connectivity index (χ0v) is 10.5. The lowest BCUT2D eigenvalue weighted by Crippen LogP contribution is -2.10. The normalized spacial score (nSPS) is 10.2. The number of nitrogens with one attached hydrogen (secondary N) is 2. The largest absolute Gasteiger partial charge is 0.299 e. The Bertz CT molecular complexity index is 645. The van der Waals surface area contributed by atoms with Gasteiger partial charge in [0.05, 0.1) is 11.3 Å². The van der Waals surface area contributed by atoms with Gasteiger partial charge in [0.1, 0.15) is 5.82 Å². The van der Waals surface area contributed by atoms with Crippen molar-refractivity contribution in [1.82, 2.24) is 9.97 Å². The molecular formula is C12H10FN3O2S. The Morgan fingerprint density at radius 1 is 1.37 bits per heavy atom. The van der Waals surface area contributed by atoms with E-state index in [0.29, 0.717) is 0 Å². The van der Waals surface area contributed by atoms with E-state index >= 15 is 0 Å². The van der Waals surface area contributed by atoms with Gasteiger partial charge in [-0.25, -0.2) is 9.37 Å². The SMILES string of the molecule is O=C(CSNc1nccc(=O)[nH]1)c1ccccc1F. The standard InChI is InChI=1S/C12H10FN3O2S/c13-9-4-2-1-3-8(9)10(17)7-19-16-12-14-6-5-11(18)15-12/h1-6H,7H2,(H2,14,15,16,18). The van der Waals surface area contributed by atoms with E-state index in [0.717, 1.165) is 11.9 Å². The van der Waals surface area contributed by atoms with Crippen molar-refractivity contribution in [3.8, 4) is 0 Å². The lowest BCUT2D eigenvalue weighted by atomic mass is 10.1. The number of carbonyl (C=O) groups excluding carboxylic acids is 1. The molecule has 1 aromatic heterocycles. The average molecular weight is 279 g/mol. The summed E-state index contributed by atoms with van der Waals surface area (Å²) in [6.45, 7) is 0. The number of carbonyl (C=O) groups is 1. The van der Waals surface area contributed by atoms with Gasteiger partial charge in [-0.15, -0.1) is 0 Å². The van der Waals surface area contributed by atoms with Gasteiger partial charge in [-0.3, -0.25) is 19.3 Å². The zero-order valence-electron chi connectivity index (χ0n) is 9.72. The molecule has 2 rings (SSSR count). The van der Waals surface area contributed by atoms with Gasteiger partial charge in [0.15, 0.2) is 5.78 Å². The quantitative estimate of drug-likeness (QED) is 0.645. The summed E-state index contributed by atoms with van der Waals surface area (Å²) in [5.74, 6) is -0.605. The molecule has 5 nitrogen and oxygen atoms in total. The van der Waals surface area contributed by atoms with Crippen LogP contribution in [-0.4, -0.2) is 21.5 Å². The molecule has 0 radical (unpaired) electrons. The van der Waals surface area contributed by atoms with Crippen LogP contribution in [-0.2, 0) is 0 Å². The molecule has 2 aromatic rings. The lowest BCUT2D eigenvalue weighted by molar-refractivity contribution is 0.101. The third-order valence-corrected chi connectivity index (χ3v) is 2.96. The van der Waals surface area contributed by atoms with Gasteiger partial charge < -0.3 is 0 Å². The summed E-state index contributed by atoms with van der Waals surface area (Å²) in [5, 5.41) is 0. The number of H-pyrrole nitrogens is 1. The average Bonchev–Trinajstić information content (AvgIpc) is 2.39. The molecule has 0 saturated carbocycles. The Labute approximate surface area is 112 Å². The lowest BCUT2D eigenvalue weighted by Gasteiger charge is -2.04. The maximum Gasteiger partial charge on any atom is 0.252 e. The molecule has 0 fully saturated rings. The van der Waals surface area contributed by atoms with Gasteiger partial charge in [0.2, 0.25) is 5.95 Å². The van der Waals surface area contributed by atoms with Gasteiger partial charge in [-0.05, 0) is 24.1 Å². The fourth-order valence-corrected chi connectivity index (χ4v) is 1.96. The van der Waals surface area contributed by atoms with Gasteiger partial charge >= 0.3 is 0 Å². The minimum Gasteiger partial charge on any atom is -0.299 e. The highest BCUT2D eigenvalue weighted by Gasteiger charge is 2.10. The number of benzene rings is 1. The van der Waals surface area contributed by atoms with E-state index in [1.807, 2.05) is 0 Å². The Morgan fingerprint density at radius 2 is 2.16 bits per heavy atom. The smallest absolute Gasteiger partial charge is 0.252 e. The van der Waals surface area contributed by atoms with Crippen LogP contribution in [0.25, 0.3) is 0 Å². The number of rotatable bonds is 5. The highest BCUT2D eigenvalue weighted by molar-refractivity contribution is 8.01. The molecule has 0 aliphatic carbocycles. The predicted octanol–water partition coefficient (Wildman–Crippen LogP) is 1.85. The second kappa shape index (κ2) is 6.14. The summed E-state index contributed by atoms with van der Waals surface area (Å²) in [5.41, 5.74) is -0.246. The van der Waals surface area contributed by atoms with Crippen molar-refractivity contribution < 1.29 is 9.18 Å². The molecule has 2 N–H and O–H groups in total. The van der Waals surface area contributed by atoms with Crippen molar-refractivity contribution in [1.29, 1.82) is 0 Å². The second-order valence-corrected chi connectivity index (χ2v) is 4.36. The molecular weight excluding hydrogens is 269 g/mol. The fraction of sp³-hybridized carbons (Fsp3) is 0.0833. The van der Waals surface area contributed by atoms with E-state index < -0.39 is 5.82 Å². The fourth-order valence-electron chi connectivity index (χ4n) is 1.36. The van der Waals surface area contributed by atoms with Gasteiger partial charge in [-0.1, -0.05) is 12.1 Å². The summed E-state index contributed by atoms with van der Waals surface area (Å²) >= 11 is 1.03. The number of ketones is 1. The highest BCUT2D eigenvalue weighted by Crippen LogP contribution is 2.11. The summed E-state index contributed by atoms with van der Waals surface area (Å²) in [6.07, 6.45) is 1.35. The molecule has 0 spiro atoms. The number of nitrogens with zero attached hydrogens (tertiary/aromatic N) is 1. The minimum atomic E-state index is -0.542. The van der Waals surface area contributed by atoms with E-state index in [4.69, 9.17) is 0 Å². The molecule has 1 aromatic carbocycles. The van der Waals surface area contributed by atoms with Crippen LogP contribution in [0.5, 0.6) is 0 Å². The number of Topliss-reactive ketones (excluding diaryl/α,β-unsaturated/α-hetero) is 1. The van der Waals surface area contributed by atoms with Crippen LogP contribution in [0.1, 0.15) is 10.4 Å². The molecule has 0 aliphatic heterocycles. The van der Waals surface area contributed by atoms with E-state index in [9.17, 15) is 14.0 Å². The molecule has 0 atom stereocenters. The van der Waals surface area contributed by atoms with E-state index in [-0.39, 0.29) is 28.6 Å². The second-order valence-electron chi connectivity index (χ2n) is 3.58. The highest BCUT2D eigenvalue weighted by atomic mass is 32.2. The molecule has 98 valence electrons. The molecule has 7 heteroatoms. The molecule has 0 amide bonds. The number of halogens is 1. The van der Waals surface area contributed by atoms with Crippen molar-refractivity contribution in [2.24, 2.45) is 0 Å². The zero-order chi connectivity index (χ0) is 13.7. The Balaban J connectivity index is 1.91. The van der Waals surface area contributed by atoms with E-state index in [1.165, 1.54) is 30.5 Å². The van der Waals surface area contributed by atoms with Crippen molar-refractivity contribution in [2.75, 3.05) is 10.5 Å². The van der Waals surface area contributed by atoms with Crippen molar-refractivity contribution >= 4 is 23.7 Å². The third kappa shape index (κ3) is 3.65. The van der Waals surface area contributed by atoms with Crippen LogP contribution >= 0.6 is 11.9 Å². The van der Waals surface area contributed by atoms with Crippen LogP contribution in [0.3, 0.4) is 0 Å². The summed E-state index contributed by atoms with van der Waals surface area (Å²) in [4.78, 5) is 29.0. The first-order valence-electron chi connectivity index (χ1n) is 5.37. The topological polar surface area (TPSA) is 74.8 Å². The van der Waals surface area contributed by atoms with Crippen LogP contribution in [0.4, 0.5) is 10.3 Å². The molecule has 0 aliphatic rings. The molecule has 0 saturated heterocycles. The Hall–Kier alpha value is -2.15. The molecule has 0 unspecified atom stereocenters. The summed E-state index contributed by atoms with van der Waals surface area (Å²) in [6, 6.07) is 7.07. The van der Waals surface area contributed by atoms with Crippen LogP contribution in [0.15, 0.2) is 41.3 Å². The number of hydrogen-bond acceptors (Lipinski definition) is 5. The Kier molecular flexibility index (Phi) is 4.30. The Morgan fingerprint density at radius 3 is 2.89 bits per heavy atom. The van der Waals surface area contributed by atoms with E-state index in [1.54, 1.807) is 6.07 Å². The maximum absolute atomic E-state index is 13.3. The van der Waals surface area contributed by atoms with Crippen molar-refractivity contribution in [3.63, 3.8) is 0 Å². The molecule has 1 heterocycles. The minimum absolute atomic E-state index is 0.0273. The predicted molar refractivity (Wildman–Crippen MR) is 71.7 cm³/mol. The first-order chi connectivity index (χ1) is 9.16.